The molecular formula is C17H22N4O. The topological polar surface area (TPSA) is 53.7 Å². The molecule has 0 bridgehead atoms. The van der Waals surface area contributed by atoms with Gasteiger partial charge in [-0.05, 0) is 24.0 Å². The van der Waals surface area contributed by atoms with E-state index >= 15 is 0 Å². The van der Waals surface area contributed by atoms with Gasteiger partial charge in [0, 0.05) is 25.3 Å². The minimum absolute atomic E-state index is 0.377. The Bertz CT molecular complexity index is 675. The number of benzene rings is 1. The van der Waals surface area contributed by atoms with E-state index in [1.807, 2.05) is 13.1 Å². The molecule has 1 aliphatic rings. The molecule has 1 N–H and O–H groups in total. The Morgan fingerprint density at radius 2 is 2.23 bits per heavy atom. The van der Waals surface area contributed by atoms with Crippen LogP contribution in [-0.4, -0.2) is 24.7 Å². The average Bonchev–Trinajstić information content (AvgIpc) is 3.15. The molecule has 2 aromatic rings. The Kier molecular flexibility index (Phi) is 4.13. The van der Waals surface area contributed by atoms with Crippen molar-refractivity contribution in [3.8, 4) is 0 Å². The SMILES string of the molecule is CN=C(NCc1cc(C(C)C)no1)N1CCc2ccccc21. The molecule has 22 heavy (non-hydrogen) atoms. The minimum Gasteiger partial charge on any atom is -0.359 e. The number of guanidine groups is 1. The van der Waals surface area contributed by atoms with Crippen molar-refractivity contribution in [1.82, 2.24) is 10.5 Å². The molecule has 0 saturated carbocycles. The van der Waals surface area contributed by atoms with E-state index < -0.39 is 0 Å². The fourth-order valence-corrected chi connectivity index (χ4v) is 2.70. The predicted molar refractivity (Wildman–Crippen MR) is 88.3 cm³/mol. The van der Waals surface area contributed by atoms with Crippen LogP contribution in [0.25, 0.3) is 0 Å². The van der Waals surface area contributed by atoms with Crippen LogP contribution in [0.2, 0.25) is 0 Å². The van der Waals surface area contributed by atoms with Crippen molar-refractivity contribution < 1.29 is 4.52 Å². The molecule has 0 aliphatic carbocycles. The zero-order valence-electron chi connectivity index (χ0n) is 13.3. The Morgan fingerprint density at radius 3 is 2.95 bits per heavy atom. The van der Waals surface area contributed by atoms with Crippen LogP contribution in [-0.2, 0) is 13.0 Å². The summed E-state index contributed by atoms with van der Waals surface area (Å²) in [5, 5.41) is 7.45. The third kappa shape index (κ3) is 2.84. The van der Waals surface area contributed by atoms with Gasteiger partial charge in [-0.2, -0.15) is 0 Å². The van der Waals surface area contributed by atoms with E-state index in [1.165, 1.54) is 11.3 Å². The van der Waals surface area contributed by atoms with Gasteiger partial charge in [0.2, 0.25) is 0 Å². The first-order valence-electron chi connectivity index (χ1n) is 7.70. The Morgan fingerprint density at radius 1 is 1.41 bits per heavy atom. The van der Waals surface area contributed by atoms with Gasteiger partial charge in [0.05, 0.1) is 12.2 Å². The second-order valence-electron chi connectivity index (χ2n) is 5.80. The van der Waals surface area contributed by atoms with Crippen LogP contribution in [0.1, 0.15) is 36.8 Å². The van der Waals surface area contributed by atoms with Crippen LogP contribution in [0.3, 0.4) is 0 Å². The Hall–Kier alpha value is -2.30. The third-order valence-electron chi connectivity index (χ3n) is 3.94. The van der Waals surface area contributed by atoms with Crippen LogP contribution in [0, 0.1) is 0 Å². The van der Waals surface area contributed by atoms with Crippen LogP contribution in [0.5, 0.6) is 0 Å². The van der Waals surface area contributed by atoms with Crippen molar-refractivity contribution in [3.63, 3.8) is 0 Å². The Labute approximate surface area is 131 Å². The van der Waals surface area contributed by atoms with E-state index in [9.17, 15) is 0 Å². The molecule has 1 aromatic carbocycles. The second kappa shape index (κ2) is 6.22. The fraction of sp³-hybridized carbons (Fsp3) is 0.412. The van der Waals surface area contributed by atoms with Crippen LogP contribution < -0.4 is 10.2 Å². The highest BCUT2D eigenvalue weighted by Gasteiger charge is 2.22. The molecule has 2 heterocycles. The summed E-state index contributed by atoms with van der Waals surface area (Å²) < 4.78 is 5.37. The highest BCUT2D eigenvalue weighted by Crippen LogP contribution is 2.27. The normalized spacial score (nSPS) is 14.5. The maximum absolute atomic E-state index is 5.37. The average molecular weight is 298 g/mol. The highest BCUT2D eigenvalue weighted by molar-refractivity contribution is 5.97. The molecule has 0 unspecified atom stereocenters. The van der Waals surface area contributed by atoms with E-state index in [1.54, 1.807) is 0 Å². The van der Waals surface area contributed by atoms with Crippen molar-refractivity contribution in [3.05, 3.63) is 47.3 Å². The quantitative estimate of drug-likeness (QED) is 0.699. The largest absolute Gasteiger partial charge is 0.359 e. The molecule has 0 amide bonds. The molecule has 5 nitrogen and oxygen atoms in total. The van der Waals surface area contributed by atoms with E-state index in [0.717, 1.165) is 30.4 Å². The Balaban J connectivity index is 1.68. The van der Waals surface area contributed by atoms with Gasteiger partial charge in [-0.25, -0.2) is 0 Å². The van der Waals surface area contributed by atoms with E-state index in [2.05, 4.69) is 58.5 Å². The third-order valence-corrected chi connectivity index (χ3v) is 3.94. The molecule has 0 spiro atoms. The number of hydrogen-bond donors (Lipinski definition) is 1. The van der Waals surface area contributed by atoms with Gasteiger partial charge in [-0.3, -0.25) is 4.99 Å². The summed E-state index contributed by atoms with van der Waals surface area (Å²) in [4.78, 5) is 6.61. The molecule has 0 fully saturated rings. The number of nitrogens with one attached hydrogen (secondary N) is 1. The number of aliphatic imine (C=N–C) groups is 1. The molecule has 1 aliphatic heterocycles. The molecule has 0 saturated heterocycles. The summed E-state index contributed by atoms with van der Waals surface area (Å²) in [6.07, 6.45) is 1.05. The monoisotopic (exact) mass is 298 g/mol. The van der Waals surface area contributed by atoms with Crippen LogP contribution >= 0.6 is 0 Å². The maximum atomic E-state index is 5.37. The van der Waals surface area contributed by atoms with Gasteiger partial charge in [0.25, 0.3) is 0 Å². The number of nitrogens with zero attached hydrogens (tertiary/aromatic N) is 3. The van der Waals surface area contributed by atoms with Crippen molar-refractivity contribution in [1.29, 1.82) is 0 Å². The molecule has 1 aromatic heterocycles. The summed E-state index contributed by atoms with van der Waals surface area (Å²) in [5.74, 6) is 2.08. The van der Waals surface area contributed by atoms with Gasteiger partial charge >= 0.3 is 0 Å². The second-order valence-corrected chi connectivity index (χ2v) is 5.80. The molecule has 0 radical (unpaired) electrons. The van der Waals surface area contributed by atoms with E-state index in [0.29, 0.717) is 12.5 Å². The van der Waals surface area contributed by atoms with Gasteiger partial charge in [0.15, 0.2) is 11.7 Å². The standard InChI is InChI=1S/C17H22N4O/c1-12(2)15-10-14(22-20-15)11-19-17(18-3)21-9-8-13-6-4-5-7-16(13)21/h4-7,10,12H,8-9,11H2,1-3H3,(H,18,19). The lowest BCUT2D eigenvalue weighted by Crippen LogP contribution is -2.40. The first-order chi connectivity index (χ1) is 10.7. The van der Waals surface area contributed by atoms with Crippen molar-refractivity contribution >= 4 is 11.6 Å². The molecular weight excluding hydrogens is 276 g/mol. The molecule has 0 atom stereocenters. The smallest absolute Gasteiger partial charge is 0.198 e. The van der Waals surface area contributed by atoms with Crippen LogP contribution in [0.15, 0.2) is 39.8 Å². The minimum atomic E-state index is 0.377. The number of rotatable bonds is 3. The van der Waals surface area contributed by atoms with Crippen LogP contribution in [0.4, 0.5) is 5.69 Å². The molecule has 5 heteroatoms. The lowest BCUT2D eigenvalue weighted by molar-refractivity contribution is 0.372. The molecule has 116 valence electrons. The molecule has 3 rings (SSSR count). The first kappa shape index (κ1) is 14.6. The summed E-state index contributed by atoms with van der Waals surface area (Å²) in [7, 11) is 1.81. The number of hydrogen-bond acceptors (Lipinski definition) is 3. The predicted octanol–water partition coefficient (Wildman–Crippen LogP) is 2.94. The summed E-state index contributed by atoms with van der Waals surface area (Å²) in [5.41, 5.74) is 3.58. The van der Waals surface area contributed by atoms with E-state index in [4.69, 9.17) is 4.52 Å². The lowest BCUT2D eigenvalue weighted by atomic mass is 10.1. The number of aromatic nitrogens is 1. The summed E-state index contributed by atoms with van der Waals surface area (Å²) in [6, 6.07) is 10.5. The zero-order valence-corrected chi connectivity index (χ0v) is 13.3. The van der Waals surface area contributed by atoms with Crippen molar-refractivity contribution in [2.75, 3.05) is 18.5 Å². The fourth-order valence-electron chi connectivity index (χ4n) is 2.70. The highest BCUT2D eigenvalue weighted by atomic mass is 16.5. The van der Waals surface area contributed by atoms with Crippen molar-refractivity contribution in [2.45, 2.75) is 32.7 Å². The first-order valence-corrected chi connectivity index (χ1v) is 7.70. The maximum Gasteiger partial charge on any atom is 0.198 e. The number of fused-ring (bicyclic) bond motifs is 1. The van der Waals surface area contributed by atoms with E-state index in [-0.39, 0.29) is 0 Å². The van der Waals surface area contributed by atoms with Gasteiger partial charge in [-0.1, -0.05) is 37.2 Å². The summed E-state index contributed by atoms with van der Waals surface area (Å²) >= 11 is 0. The van der Waals surface area contributed by atoms with Gasteiger partial charge in [-0.15, -0.1) is 0 Å². The van der Waals surface area contributed by atoms with Gasteiger partial charge in [0.1, 0.15) is 0 Å². The summed E-state index contributed by atoms with van der Waals surface area (Å²) in [6.45, 7) is 5.75. The zero-order chi connectivity index (χ0) is 15.5. The van der Waals surface area contributed by atoms with Gasteiger partial charge < -0.3 is 14.7 Å². The van der Waals surface area contributed by atoms with Crippen molar-refractivity contribution in [2.24, 2.45) is 4.99 Å². The lowest BCUT2D eigenvalue weighted by Gasteiger charge is -2.21. The number of anilines is 1. The number of para-hydroxylation sites is 1.